The van der Waals surface area contributed by atoms with E-state index in [1.54, 1.807) is 0 Å². The van der Waals surface area contributed by atoms with Gasteiger partial charge in [-0.3, -0.25) is 4.79 Å². The van der Waals surface area contributed by atoms with Gasteiger partial charge in [-0.2, -0.15) is 0 Å². The summed E-state index contributed by atoms with van der Waals surface area (Å²) in [5.41, 5.74) is 5.24. The van der Waals surface area contributed by atoms with Crippen molar-refractivity contribution in [2.75, 3.05) is 13.1 Å². The standard InChI is InChI=1S/C10H16N2O2/c1-8-2-3-9(14-8)5-7-12-10(13)4-6-11/h2-3H,4-7,11H2,1H3,(H,12,13). The second kappa shape index (κ2) is 5.44. The van der Waals surface area contributed by atoms with Gasteiger partial charge in [-0.05, 0) is 19.1 Å². The zero-order chi connectivity index (χ0) is 10.4. The van der Waals surface area contributed by atoms with Crippen LogP contribution in [0.2, 0.25) is 0 Å². The molecular formula is C10H16N2O2. The van der Waals surface area contributed by atoms with Crippen LogP contribution in [0.1, 0.15) is 17.9 Å². The topological polar surface area (TPSA) is 68.3 Å². The average molecular weight is 196 g/mol. The van der Waals surface area contributed by atoms with Crippen molar-refractivity contribution < 1.29 is 9.21 Å². The molecular weight excluding hydrogens is 180 g/mol. The molecule has 0 unspecified atom stereocenters. The Morgan fingerprint density at radius 1 is 1.57 bits per heavy atom. The molecule has 14 heavy (non-hydrogen) atoms. The Kier molecular flexibility index (Phi) is 4.19. The van der Waals surface area contributed by atoms with E-state index in [1.165, 1.54) is 0 Å². The van der Waals surface area contributed by atoms with Crippen LogP contribution >= 0.6 is 0 Å². The number of hydrogen-bond acceptors (Lipinski definition) is 3. The van der Waals surface area contributed by atoms with Crippen LogP contribution in [-0.4, -0.2) is 19.0 Å². The summed E-state index contributed by atoms with van der Waals surface area (Å²) in [6.07, 6.45) is 1.11. The van der Waals surface area contributed by atoms with Crippen LogP contribution in [-0.2, 0) is 11.2 Å². The summed E-state index contributed by atoms with van der Waals surface area (Å²) < 4.78 is 5.35. The molecule has 0 spiro atoms. The first-order valence-electron chi connectivity index (χ1n) is 4.74. The van der Waals surface area contributed by atoms with Gasteiger partial charge in [-0.1, -0.05) is 0 Å². The number of carbonyl (C=O) groups excluding carboxylic acids is 1. The highest BCUT2D eigenvalue weighted by Crippen LogP contribution is 2.05. The molecule has 0 aliphatic carbocycles. The first-order valence-corrected chi connectivity index (χ1v) is 4.74. The lowest BCUT2D eigenvalue weighted by molar-refractivity contribution is -0.120. The molecule has 1 amide bonds. The third-order valence-corrected chi connectivity index (χ3v) is 1.86. The molecule has 4 nitrogen and oxygen atoms in total. The summed E-state index contributed by atoms with van der Waals surface area (Å²) in [5, 5.41) is 2.76. The van der Waals surface area contributed by atoms with E-state index in [0.717, 1.165) is 17.9 Å². The normalized spacial score (nSPS) is 10.1. The molecule has 0 aliphatic heterocycles. The van der Waals surface area contributed by atoms with Crippen molar-refractivity contribution in [2.45, 2.75) is 19.8 Å². The number of hydrogen-bond donors (Lipinski definition) is 2. The van der Waals surface area contributed by atoms with Gasteiger partial charge in [0.25, 0.3) is 0 Å². The first kappa shape index (κ1) is 10.8. The van der Waals surface area contributed by atoms with Crippen molar-refractivity contribution >= 4 is 5.91 Å². The monoisotopic (exact) mass is 196 g/mol. The van der Waals surface area contributed by atoms with Crippen LogP contribution in [0.25, 0.3) is 0 Å². The molecule has 0 aliphatic rings. The molecule has 0 atom stereocenters. The second-order valence-corrected chi connectivity index (χ2v) is 3.15. The van der Waals surface area contributed by atoms with Gasteiger partial charge in [-0.15, -0.1) is 0 Å². The van der Waals surface area contributed by atoms with Crippen LogP contribution in [0.3, 0.4) is 0 Å². The van der Waals surface area contributed by atoms with E-state index in [9.17, 15) is 4.79 Å². The quantitative estimate of drug-likeness (QED) is 0.724. The van der Waals surface area contributed by atoms with Crippen LogP contribution in [0.4, 0.5) is 0 Å². The van der Waals surface area contributed by atoms with Gasteiger partial charge < -0.3 is 15.5 Å². The van der Waals surface area contributed by atoms with E-state index in [4.69, 9.17) is 10.2 Å². The highest BCUT2D eigenvalue weighted by molar-refractivity contribution is 5.75. The lowest BCUT2D eigenvalue weighted by Crippen LogP contribution is -2.27. The van der Waals surface area contributed by atoms with Gasteiger partial charge in [0.15, 0.2) is 0 Å². The molecule has 0 radical (unpaired) electrons. The molecule has 1 rings (SSSR count). The molecule has 0 aromatic carbocycles. The number of furan rings is 1. The molecule has 1 heterocycles. The van der Waals surface area contributed by atoms with Crippen LogP contribution in [0.5, 0.6) is 0 Å². The second-order valence-electron chi connectivity index (χ2n) is 3.15. The Morgan fingerprint density at radius 2 is 2.36 bits per heavy atom. The van der Waals surface area contributed by atoms with Crippen molar-refractivity contribution in [3.8, 4) is 0 Å². The summed E-state index contributed by atoms with van der Waals surface area (Å²) in [6, 6.07) is 3.83. The summed E-state index contributed by atoms with van der Waals surface area (Å²) in [7, 11) is 0. The van der Waals surface area contributed by atoms with Crippen LogP contribution in [0, 0.1) is 6.92 Å². The summed E-state index contributed by atoms with van der Waals surface area (Å²) in [4.78, 5) is 11.0. The third-order valence-electron chi connectivity index (χ3n) is 1.86. The minimum atomic E-state index is -0.00391. The van der Waals surface area contributed by atoms with Gasteiger partial charge in [0.2, 0.25) is 5.91 Å². The van der Waals surface area contributed by atoms with E-state index in [-0.39, 0.29) is 5.91 Å². The minimum absolute atomic E-state index is 0.00391. The molecule has 78 valence electrons. The molecule has 0 saturated carbocycles. The SMILES string of the molecule is Cc1ccc(CCNC(=O)CCN)o1. The number of aryl methyl sites for hydroxylation is 1. The van der Waals surface area contributed by atoms with E-state index >= 15 is 0 Å². The predicted molar refractivity (Wildman–Crippen MR) is 53.8 cm³/mol. The minimum Gasteiger partial charge on any atom is -0.466 e. The maximum absolute atomic E-state index is 11.0. The fourth-order valence-corrected chi connectivity index (χ4v) is 1.16. The molecule has 0 bridgehead atoms. The highest BCUT2D eigenvalue weighted by Gasteiger charge is 2.01. The Labute approximate surface area is 83.5 Å². The fraction of sp³-hybridized carbons (Fsp3) is 0.500. The number of nitrogens with two attached hydrogens (primary N) is 1. The Bertz CT molecular complexity index is 294. The maximum atomic E-state index is 11.0. The Hall–Kier alpha value is -1.29. The van der Waals surface area contributed by atoms with Crippen LogP contribution in [0.15, 0.2) is 16.5 Å². The van der Waals surface area contributed by atoms with Gasteiger partial charge in [0.1, 0.15) is 11.5 Å². The molecule has 1 aromatic rings. The molecule has 0 fully saturated rings. The Balaban J connectivity index is 2.18. The van der Waals surface area contributed by atoms with Crippen molar-refractivity contribution in [2.24, 2.45) is 5.73 Å². The van der Waals surface area contributed by atoms with E-state index in [2.05, 4.69) is 5.32 Å². The van der Waals surface area contributed by atoms with Crippen molar-refractivity contribution in [3.05, 3.63) is 23.7 Å². The lowest BCUT2D eigenvalue weighted by Gasteiger charge is -2.01. The van der Waals surface area contributed by atoms with Crippen molar-refractivity contribution in [1.82, 2.24) is 5.32 Å². The Morgan fingerprint density at radius 3 is 2.93 bits per heavy atom. The van der Waals surface area contributed by atoms with Crippen LogP contribution < -0.4 is 11.1 Å². The van der Waals surface area contributed by atoms with Crippen molar-refractivity contribution in [1.29, 1.82) is 0 Å². The number of carbonyl (C=O) groups is 1. The summed E-state index contributed by atoms with van der Waals surface area (Å²) in [5.74, 6) is 1.79. The number of nitrogens with one attached hydrogen (secondary N) is 1. The molecule has 1 aromatic heterocycles. The lowest BCUT2D eigenvalue weighted by atomic mass is 10.3. The zero-order valence-electron chi connectivity index (χ0n) is 8.38. The van der Waals surface area contributed by atoms with Gasteiger partial charge in [0.05, 0.1) is 0 Å². The summed E-state index contributed by atoms with van der Waals surface area (Å²) >= 11 is 0. The smallest absolute Gasteiger partial charge is 0.221 e. The largest absolute Gasteiger partial charge is 0.466 e. The van der Waals surface area contributed by atoms with E-state index in [0.29, 0.717) is 19.5 Å². The highest BCUT2D eigenvalue weighted by atomic mass is 16.3. The number of rotatable bonds is 5. The van der Waals surface area contributed by atoms with Gasteiger partial charge in [0, 0.05) is 25.9 Å². The molecule has 0 saturated heterocycles. The molecule has 4 heteroatoms. The average Bonchev–Trinajstić information content (AvgIpc) is 2.52. The maximum Gasteiger partial charge on any atom is 0.221 e. The van der Waals surface area contributed by atoms with E-state index in [1.807, 2.05) is 19.1 Å². The summed E-state index contributed by atoms with van der Waals surface area (Å²) in [6.45, 7) is 2.90. The zero-order valence-corrected chi connectivity index (χ0v) is 8.38. The van der Waals surface area contributed by atoms with Gasteiger partial charge >= 0.3 is 0 Å². The van der Waals surface area contributed by atoms with Gasteiger partial charge in [-0.25, -0.2) is 0 Å². The van der Waals surface area contributed by atoms with E-state index < -0.39 is 0 Å². The number of amides is 1. The third kappa shape index (κ3) is 3.62. The first-order chi connectivity index (χ1) is 6.72. The predicted octanol–water partition coefficient (Wildman–Crippen LogP) is 0.596. The van der Waals surface area contributed by atoms with Crippen molar-refractivity contribution in [3.63, 3.8) is 0 Å². The molecule has 3 N–H and O–H groups in total. The fourth-order valence-electron chi connectivity index (χ4n) is 1.16.